The van der Waals surface area contributed by atoms with Crippen LogP contribution in [0.2, 0.25) is 5.02 Å². The molecule has 1 atom stereocenters. The summed E-state index contributed by atoms with van der Waals surface area (Å²) in [5.74, 6) is -1.20. The number of hydrogen-bond acceptors (Lipinski definition) is 4. The van der Waals surface area contributed by atoms with Crippen molar-refractivity contribution in [1.29, 1.82) is 0 Å². The lowest BCUT2D eigenvalue weighted by molar-refractivity contribution is -0.140. The standard InChI is InChI=1S/C30H33ClF3N3O4S/c1-3-4-17-35-29(39)27(18-22-9-6-5-7-10-22)36(20-23-13-15-25(31)16-14-23)28(38)21-37(42(2,40)41)26-12-8-11-24(19-26)30(32,33)34/h5-16,19,27H,3-4,17-18,20-21H2,1-2H3,(H,35,39)/t27-/m0/s1. The molecular formula is C30H33ClF3N3O4S. The fourth-order valence-corrected chi connectivity index (χ4v) is 5.27. The van der Waals surface area contributed by atoms with E-state index in [1.54, 1.807) is 36.4 Å². The van der Waals surface area contributed by atoms with Crippen LogP contribution in [0.5, 0.6) is 0 Å². The molecule has 0 spiro atoms. The maximum absolute atomic E-state index is 14.0. The smallest absolute Gasteiger partial charge is 0.354 e. The van der Waals surface area contributed by atoms with Crippen molar-refractivity contribution in [3.8, 4) is 0 Å². The molecule has 0 heterocycles. The first-order valence-corrected chi connectivity index (χ1v) is 15.5. The first-order chi connectivity index (χ1) is 19.8. The molecule has 0 saturated carbocycles. The van der Waals surface area contributed by atoms with Gasteiger partial charge in [-0.25, -0.2) is 8.42 Å². The van der Waals surface area contributed by atoms with Crippen molar-refractivity contribution in [1.82, 2.24) is 10.2 Å². The summed E-state index contributed by atoms with van der Waals surface area (Å²) in [6, 6.07) is 18.3. The molecule has 3 rings (SSSR count). The van der Waals surface area contributed by atoms with Crippen LogP contribution in [0.3, 0.4) is 0 Å². The minimum Gasteiger partial charge on any atom is -0.354 e. The van der Waals surface area contributed by atoms with Crippen LogP contribution >= 0.6 is 11.6 Å². The number of nitrogens with zero attached hydrogens (tertiary/aromatic N) is 2. The predicted molar refractivity (Wildman–Crippen MR) is 157 cm³/mol. The van der Waals surface area contributed by atoms with Gasteiger partial charge in [-0.05, 0) is 47.9 Å². The Balaban J connectivity index is 2.05. The topological polar surface area (TPSA) is 86.8 Å². The van der Waals surface area contributed by atoms with Crippen LogP contribution in [-0.2, 0) is 38.8 Å². The van der Waals surface area contributed by atoms with E-state index in [9.17, 15) is 31.2 Å². The normalized spacial score (nSPS) is 12.4. The van der Waals surface area contributed by atoms with Crippen molar-refractivity contribution in [2.24, 2.45) is 0 Å². The number of carbonyl (C=O) groups excluding carboxylic acids is 2. The van der Waals surface area contributed by atoms with Gasteiger partial charge < -0.3 is 10.2 Å². The highest BCUT2D eigenvalue weighted by Crippen LogP contribution is 2.32. The molecule has 226 valence electrons. The molecule has 0 aliphatic rings. The molecule has 7 nitrogen and oxygen atoms in total. The number of alkyl halides is 3. The number of anilines is 1. The van der Waals surface area contributed by atoms with Gasteiger partial charge in [0.2, 0.25) is 21.8 Å². The SMILES string of the molecule is CCCCNC(=O)[C@H](Cc1ccccc1)N(Cc1ccc(Cl)cc1)C(=O)CN(c1cccc(C(F)(F)F)c1)S(C)(=O)=O. The van der Waals surface area contributed by atoms with Crippen molar-refractivity contribution < 1.29 is 31.2 Å². The second kappa shape index (κ2) is 14.6. The summed E-state index contributed by atoms with van der Waals surface area (Å²) < 4.78 is 66.5. The Morgan fingerprint density at radius 3 is 2.21 bits per heavy atom. The van der Waals surface area contributed by atoms with E-state index < -0.39 is 46.2 Å². The molecule has 1 N–H and O–H groups in total. The number of amides is 2. The van der Waals surface area contributed by atoms with E-state index in [1.165, 1.54) is 11.0 Å². The number of carbonyl (C=O) groups is 2. The summed E-state index contributed by atoms with van der Waals surface area (Å²) in [6.45, 7) is 1.46. The summed E-state index contributed by atoms with van der Waals surface area (Å²) in [5, 5.41) is 3.32. The molecular weight excluding hydrogens is 591 g/mol. The number of benzene rings is 3. The van der Waals surface area contributed by atoms with Crippen molar-refractivity contribution in [2.75, 3.05) is 23.7 Å². The Kier molecular flexibility index (Phi) is 11.4. The highest BCUT2D eigenvalue weighted by Gasteiger charge is 2.35. The zero-order valence-corrected chi connectivity index (χ0v) is 24.8. The fraction of sp³-hybridized carbons (Fsp3) is 0.333. The third-order valence-electron chi connectivity index (χ3n) is 6.51. The number of rotatable bonds is 13. The second-order valence-corrected chi connectivity index (χ2v) is 12.2. The molecule has 42 heavy (non-hydrogen) atoms. The van der Waals surface area contributed by atoms with Gasteiger partial charge in [-0.2, -0.15) is 13.2 Å². The number of halogens is 4. The molecule has 0 radical (unpaired) electrons. The lowest BCUT2D eigenvalue weighted by Crippen LogP contribution is -2.53. The van der Waals surface area contributed by atoms with E-state index in [4.69, 9.17) is 11.6 Å². The minimum atomic E-state index is -4.72. The van der Waals surface area contributed by atoms with Gasteiger partial charge >= 0.3 is 6.18 Å². The van der Waals surface area contributed by atoms with Gasteiger partial charge in [-0.1, -0.05) is 73.5 Å². The third-order valence-corrected chi connectivity index (χ3v) is 7.90. The van der Waals surface area contributed by atoms with Crippen LogP contribution in [0.1, 0.15) is 36.5 Å². The second-order valence-electron chi connectivity index (χ2n) is 9.82. The van der Waals surface area contributed by atoms with Crippen LogP contribution in [0.4, 0.5) is 18.9 Å². The average molecular weight is 624 g/mol. The average Bonchev–Trinajstić information content (AvgIpc) is 2.94. The van der Waals surface area contributed by atoms with Gasteiger partial charge in [0.05, 0.1) is 17.5 Å². The minimum absolute atomic E-state index is 0.0745. The summed E-state index contributed by atoms with van der Waals surface area (Å²) >= 11 is 6.04. The maximum Gasteiger partial charge on any atom is 0.416 e. The van der Waals surface area contributed by atoms with Crippen LogP contribution in [0, 0.1) is 0 Å². The van der Waals surface area contributed by atoms with E-state index in [1.807, 2.05) is 25.1 Å². The maximum atomic E-state index is 14.0. The molecule has 0 aliphatic heterocycles. The summed E-state index contributed by atoms with van der Waals surface area (Å²) in [6.07, 6.45) is -2.24. The van der Waals surface area contributed by atoms with E-state index in [0.717, 1.165) is 30.4 Å². The molecule has 12 heteroatoms. The van der Waals surface area contributed by atoms with E-state index in [-0.39, 0.29) is 18.7 Å². The first kappa shape index (κ1) is 32.9. The third kappa shape index (κ3) is 9.49. The molecule has 0 aliphatic carbocycles. The quantitative estimate of drug-likeness (QED) is 0.248. The molecule has 3 aromatic rings. The molecule has 3 aromatic carbocycles. The lowest BCUT2D eigenvalue weighted by atomic mass is 10.0. The van der Waals surface area contributed by atoms with Crippen molar-refractivity contribution in [2.45, 2.75) is 44.9 Å². The number of nitrogens with one attached hydrogen (secondary N) is 1. The molecule has 0 aromatic heterocycles. The van der Waals surface area contributed by atoms with E-state index >= 15 is 0 Å². The van der Waals surface area contributed by atoms with Crippen LogP contribution < -0.4 is 9.62 Å². The zero-order valence-electron chi connectivity index (χ0n) is 23.3. The number of hydrogen-bond donors (Lipinski definition) is 1. The van der Waals surface area contributed by atoms with Crippen molar-refractivity contribution in [3.05, 3.63) is 101 Å². The van der Waals surface area contributed by atoms with Gasteiger partial charge in [0.15, 0.2) is 0 Å². The lowest BCUT2D eigenvalue weighted by Gasteiger charge is -2.33. The highest BCUT2D eigenvalue weighted by molar-refractivity contribution is 7.92. The Labute approximate surface area is 249 Å². The van der Waals surface area contributed by atoms with Gasteiger partial charge in [-0.15, -0.1) is 0 Å². The van der Waals surface area contributed by atoms with Gasteiger partial charge in [0.25, 0.3) is 0 Å². The first-order valence-electron chi connectivity index (χ1n) is 13.3. The Morgan fingerprint density at radius 2 is 1.62 bits per heavy atom. The molecule has 0 fully saturated rings. The van der Waals surface area contributed by atoms with Gasteiger partial charge in [-0.3, -0.25) is 13.9 Å². The van der Waals surface area contributed by atoms with Crippen LogP contribution in [-0.4, -0.2) is 50.5 Å². The number of sulfonamides is 1. The van der Waals surface area contributed by atoms with E-state index in [2.05, 4.69) is 5.32 Å². The largest absolute Gasteiger partial charge is 0.416 e. The van der Waals surface area contributed by atoms with Crippen molar-refractivity contribution in [3.63, 3.8) is 0 Å². The molecule has 2 amide bonds. The van der Waals surface area contributed by atoms with E-state index in [0.29, 0.717) is 33.9 Å². The molecule has 0 saturated heterocycles. The Morgan fingerprint density at radius 1 is 0.952 bits per heavy atom. The summed E-state index contributed by atoms with van der Waals surface area (Å²) in [5.41, 5.74) is 0.00698. The van der Waals surface area contributed by atoms with Crippen LogP contribution in [0.25, 0.3) is 0 Å². The van der Waals surface area contributed by atoms with Gasteiger partial charge in [0.1, 0.15) is 12.6 Å². The van der Waals surface area contributed by atoms with Crippen LogP contribution in [0.15, 0.2) is 78.9 Å². The van der Waals surface area contributed by atoms with Crippen molar-refractivity contribution >= 4 is 39.1 Å². The summed E-state index contributed by atoms with van der Waals surface area (Å²) in [7, 11) is -4.21. The molecule has 0 unspecified atom stereocenters. The monoisotopic (exact) mass is 623 g/mol. The number of unbranched alkanes of at least 4 members (excludes halogenated alkanes) is 1. The highest BCUT2D eigenvalue weighted by atomic mass is 35.5. The Bertz CT molecular complexity index is 1450. The molecule has 0 bridgehead atoms. The Hall–Kier alpha value is -3.57. The fourth-order valence-electron chi connectivity index (χ4n) is 4.30. The summed E-state index contributed by atoms with van der Waals surface area (Å²) in [4.78, 5) is 28.8. The van der Waals surface area contributed by atoms with Gasteiger partial charge in [0, 0.05) is 24.5 Å². The predicted octanol–water partition coefficient (Wildman–Crippen LogP) is 5.68. The zero-order chi connectivity index (χ0) is 30.9.